The van der Waals surface area contributed by atoms with Crippen LogP contribution in [-0.2, 0) is 15.5 Å². The molecule has 1 fully saturated rings. The Morgan fingerprint density at radius 1 is 1.43 bits per heavy atom. The Kier molecular flexibility index (Phi) is 4.45. The number of amides is 1. The molecule has 0 spiro atoms. The summed E-state index contributed by atoms with van der Waals surface area (Å²) in [7, 11) is 0. The molecule has 1 aliphatic rings. The Morgan fingerprint density at radius 3 is 2.67 bits per heavy atom. The molecule has 112 valence electrons. The average Bonchev–Trinajstić information content (AvgIpc) is 2.48. The summed E-state index contributed by atoms with van der Waals surface area (Å²) >= 11 is 5.67. The molecular formula is C14H13ClF2N2O2. The van der Waals surface area contributed by atoms with E-state index in [0.29, 0.717) is 0 Å². The second kappa shape index (κ2) is 5.96. The van der Waals surface area contributed by atoms with Gasteiger partial charge in [-0.3, -0.25) is 4.79 Å². The van der Waals surface area contributed by atoms with E-state index in [0.717, 1.165) is 12.1 Å². The van der Waals surface area contributed by atoms with Gasteiger partial charge in [0.25, 0.3) is 5.91 Å². The highest BCUT2D eigenvalue weighted by atomic mass is 35.5. The number of carbonyl (C=O) groups excluding carboxylic acids is 1. The van der Waals surface area contributed by atoms with Crippen LogP contribution in [0, 0.1) is 11.3 Å². The lowest BCUT2D eigenvalue weighted by Gasteiger charge is -2.32. The van der Waals surface area contributed by atoms with Crippen molar-refractivity contribution in [2.75, 3.05) is 13.2 Å². The van der Waals surface area contributed by atoms with Crippen LogP contribution in [0.5, 0.6) is 0 Å². The molecule has 1 heterocycles. The molecule has 7 heteroatoms. The molecule has 21 heavy (non-hydrogen) atoms. The van der Waals surface area contributed by atoms with Gasteiger partial charge in [0, 0.05) is 36.6 Å². The van der Waals surface area contributed by atoms with Gasteiger partial charge in [-0.25, -0.2) is 0 Å². The zero-order valence-corrected chi connectivity index (χ0v) is 11.8. The molecule has 0 aromatic heterocycles. The fraction of sp³-hybridized carbons (Fsp3) is 0.429. The fourth-order valence-electron chi connectivity index (χ4n) is 2.10. The van der Waals surface area contributed by atoms with Crippen LogP contribution in [0.15, 0.2) is 24.3 Å². The van der Waals surface area contributed by atoms with E-state index in [4.69, 9.17) is 16.3 Å². The van der Waals surface area contributed by atoms with Crippen molar-refractivity contribution in [3.8, 4) is 6.07 Å². The van der Waals surface area contributed by atoms with Crippen LogP contribution in [0.4, 0.5) is 8.78 Å². The molecule has 1 aromatic rings. The molecular weight excluding hydrogens is 302 g/mol. The van der Waals surface area contributed by atoms with Crippen molar-refractivity contribution in [3.63, 3.8) is 0 Å². The Bertz CT molecular complexity index is 581. The molecule has 1 N–H and O–H groups in total. The summed E-state index contributed by atoms with van der Waals surface area (Å²) < 4.78 is 33.4. The van der Waals surface area contributed by atoms with Crippen LogP contribution >= 0.6 is 11.6 Å². The number of halogens is 3. The van der Waals surface area contributed by atoms with Gasteiger partial charge in [0.1, 0.15) is 5.54 Å². The van der Waals surface area contributed by atoms with Crippen LogP contribution in [-0.4, -0.2) is 24.7 Å². The monoisotopic (exact) mass is 314 g/mol. The molecule has 1 amide bonds. The number of alkyl halides is 2. The van der Waals surface area contributed by atoms with Gasteiger partial charge in [-0.05, 0) is 12.1 Å². The molecule has 1 saturated heterocycles. The van der Waals surface area contributed by atoms with Crippen LogP contribution in [0.2, 0.25) is 5.02 Å². The van der Waals surface area contributed by atoms with Gasteiger partial charge in [-0.1, -0.05) is 23.7 Å². The minimum atomic E-state index is -3.76. The van der Waals surface area contributed by atoms with E-state index < -0.39 is 22.9 Å². The highest BCUT2D eigenvalue weighted by molar-refractivity contribution is 6.30. The van der Waals surface area contributed by atoms with Crippen molar-refractivity contribution in [2.45, 2.75) is 24.3 Å². The number of benzene rings is 1. The number of rotatable bonds is 3. The zero-order valence-electron chi connectivity index (χ0n) is 11.0. The van der Waals surface area contributed by atoms with E-state index in [-0.39, 0.29) is 31.1 Å². The molecule has 4 nitrogen and oxygen atoms in total. The van der Waals surface area contributed by atoms with Gasteiger partial charge in [-0.15, -0.1) is 0 Å². The van der Waals surface area contributed by atoms with Gasteiger partial charge < -0.3 is 10.1 Å². The third kappa shape index (κ3) is 3.31. The normalized spacial score (nSPS) is 17.8. The van der Waals surface area contributed by atoms with Gasteiger partial charge in [0.2, 0.25) is 0 Å². The smallest absolute Gasteiger partial charge is 0.349 e. The summed E-state index contributed by atoms with van der Waals surface area (Å²) in [6, 6.07) is 6.84. The first kappa shape index (κ1) is 15.7. The maximum Gasteiger partial charge on any atom is 0.349 e. The number of ether oxygens (including phenoxy) is 1. The lowest BCUT2D eigenvalue weighted by atomic mass is 9.91. The molecule has 0 saturated carbocycles. The van der Waals surface area contributed by atoms with Crippen molar-refractivity contribution < 1.29 is 18.3 Å². The van der Waals surface area contributed by atoms with Crippen LogP contribution in [0.3, 0.4) is 0 Å². The topological polar surface area (TPSA) is 62.1 Å². The molecule has 2 rings (SSSR count). The molecule has 0 atom stereocenters. The number of hydrogen-bond acceptors (Lipinski definition) is 3. The minimum Gasteiger partial charge on any atom is -0.381 e. The van der Waals surface area contributed by atoms with E-state index in [1.165, 1.54) is 12.1 Å². The lowest BCUT2D eigenvalue weighted by Crippen LogP contribution is -2.54. The SMILES string of the molecule is N#CC1(NC(=O)C(F)(F)c2cccc(Cl)c2)CCOCC1. The lowest BCUT2D eigenvalue weighted by molar-refractivity contribution is -0.149. The van der Waals surface area contributed by atoms with Gasteiger partial charge >= 0.3 is 5.92 Å². The first-order valence-electron chi connectivity index (χ1n) is 6.35. The Labute approximate surface area is 125 Å². The molecule has 1 aliphatic heterocycles. The summed E-state index contributed by atoms with van der Waals surface area (Å²) in [6.07, 6.45) is 0.363. The fourth-order valence-corrected chi connectivity index (χ4v) is 2.29. The predicted octanol–water partition coefficient (Wildman–Crippen LogP) is 2.62. The van der Waals surface area contributed by atoms with E-state index in [1.807, 2.05) is 6.07 Å². The molecule has 0 radical (unpaired) electrons. The first-order valence-corrected chi connectivity index (χ1v) is 6.73. The minimum absolute atomic E-state index is 0.112. The number of hydrogen-bond donors (Lipinski definition) is 1. The summed E-state index contributed by atoms with van der Waals surface area (Å²) in [5.74, 6) is -5.26. The van der Waals surface area contributed by atoms with E-state index >= 15 is 0 Å². The number of nitrogens with one attached hydrogen (secondary N) is 1. The Morgan fingerprint density at radius 2 is 2.10 bits per heavy atom. The zero-order chi connectivity index (χ0) is 15.5. The maximum absolute atomic E-state index is 14.2. The van der Waals surface area contributed by atoms with Gasteiger partial charge in [0.05, 0.1) is 6.07 Å². The van der Waals surface area contributed by atoms with Crippen LogP contribution in [0.1, 0.15) is 18.4 Å². The Balaban J connectivity index is 2.20. The summed E-state index contributed by atoms with van der Waals surface area (Å²) in [5, 5.41) is 11.5. The third-order valence-electron chi connectivity index (χ3n) is 3.39. The Hall–Kier alpha value is -1.71. The van der Waals surface area contributed by atoms with E-state index in [1.54, 1.807) is 0 Å². The quantitative estimate of drug-likeness (QED) is 0.933. The highest BCUT2D eigenvalue weighted by Gasteiger charge is 2.45. The second-order valence-electron chi connectivity index (χ2n) is 4.85. The largest absolute Gasteiger partial charge is 0.381 e. The third-order valence-corrected chi connectivity index (χ3v) is 3.62. The van der Waals surface area contributed by atoms with Crippen molar-refractivity contribution >= 4 is 17.5 Å². The molecule has 1 aromatic carbocycles. The van der Waals surface area contributed by atoms with Crippen molar-refractivity contribution in [1.82, 2.24) is 5.32 Å². The predicted molar refractivity (Wildman–Crippen MR) is 71.9 cm³/mol. The maximum atomic E-state index is 14.2. The molecule has 0 unspecified atom stereocenters. The molecule has 0 bridgehead atoms. The van der Waals surface area contributed by atoms with Gasteiger partial charge in [-0.2, -0.15) is 14.0 Å². The summed E-state index contributed by atoms with van der Waals surface area (Å²) in [4.78, 5) is 11.9. The average molecular weight is 315 g/mol. The van der Waals surface area contributed by atoms with Gasteiger partial charge in [0.15, 0.2) is 0 Å². The number of carbonyl (C=O) groups is 1. The van der Waals surface area contributed by atoms with E-state index in [9.17, 15) is 18.8 Å². The van der Waals surface area contributed by atoms with Crippen molar-refractivity contribution in [2.24, 2.45) is 0 Å². The first-order chi connectivity index (χ1) is 9.89. The van der Waals surface area contributed by atoms with Crippen LogP contribution in [0.25, 0.3) is 0 Å². The number of nitrogens with zero attached hydrogens (tertiary/aromatic N) is 1. The second-order valence-corrected chi connectivity index (χ2v) is 5.28. The highest BCUT2D eigenvalue weighted by Crippen LogP contribution is 2.31. The number of nitriles is 1. The van der Waals surface area contributed by atoms with Crippen LogP contribution < -0.4 is 5.32 Å². The summed E-state index contributed by atoms with van der Waals surface area (Å²) in [5.41, 5.74) is -1.82. The summed E-state index contributed by atoms with van der Waals surface area (Å²) in [6.45, 7) is 0.493. The molecule has 0 aliphatic carbocycles. The van der Waals surface area contributed by atoms with Crippen molar-refractivity contribution in [1.29, 1.82) is 5.26 Å². The van der Waals surface area contributed by atoms with E-state index in [2.05, 4.69) is 5.32 Å². The van der Waals surface area contributed by atoms with Crippen molar-refractivity contribution in [3.05, 3.63) is 34.9 Å². The standard InChI is InChI=1S/C14H13ClF2N2O2/c15-11-3-1-2-10(8-11)14(16,17)12(20)19-13(9-18)4-6-21-7-5-13/h1-3,8H,4-7H2,(H,19,20).